The van der Waals surface area contributed by atoms with Crippen LogP contribution >= 0.6 is 0 Å². The second-order valence-electron chi connectivity index (χ2n) is 1.62. The molecule has 0 amide bonds. The van der Waals surface area contributed by atoms with Crippen molar-refractivity contribution >= 4 is 0 Å². The lowest BCUT2D eigenvalue weighted by molar-refractivity contribution is 0.168. The standard InChI is InChI=1S/C5H11NO/c1-5(2)3-4-6-7/h6-7H,1,3-4H2,2H3. The molecule has 2 N–H and O–H groups in total. The zero-order valence-electron chi connectivity index (χ0n) is 4.57. The summed E-state index contributed by atoms with van der Waals surface area (Å²) < 4.78 is 0. The molecular weight excluding hydrogens is 90.1 g/mol. The molecule has 2 heteroatoms. The van der Waals surface area contributed by atoms with E-state index in [4.69, 9.17) is 5.21 Å². The highest BCUT2D eigenvalue weighted by Crippen LogP contribution is 1.90. The van der Waals surface area contributed by atoms with Crippen LogP contribution in [0.3, 0.4) is 0 Å². The number of hydrogen-bond donors (Lipinski definition) is 2. The summed E-state index contributed by atoms with van der Waals surface area (Å²) in [7, 11) is 0. The van der Waals surface area contributed by atoms with Gasteiger partial charge in [-0.2, -0.15) is 0 Å². The molecule has 0 atom stereocenters. The van der Waals surface area contributed by atoms with Crippen molar-refractivity contribution in [3.8, 4) is 0 Å². The molecule has 0 saturated heterocycles. The van der Waals surface area contributed by atoms with Gasteiger partial charge in [0.15, 0.2) is 0 Å². The number of hydrogen-bond acceptors (Lipinski definition) is 2. The van der Waals surface area contributed by atoms with E-state index in [9.17, 15) is 0 Å². The molecule has 0 bridgehead atoms. The molecule has 0 aromatic heterocycles. The molecule has 42 valence electrons. The topological polar surface area (TPSA) is 32.3 Å². The molecule has 2 nitrogen and oxygen atoms in total. The van der Waals surface area contributed by atoms with Gasteiger partial charge in [0.25, 0.3) is 0 Å². The van der Waals surface area contributed by atoms with Crippen LogP contribution in [-0.2, 0) is 0 Å². The second-order valence-corrected chi connectivity index (χ2v) is 1.62. The van der Waals surface area contributed by atoms with E-state index < -0.39 is 0 Å². The SMILES string of the molecule is C=C(C)CCNO. The molecule has 0 heterocycles. The first kappa shape index (κ1) is 6.66. The zero-order valence-corrected chi connectivity index (χ0v) is 4.57. The molecule has 0 aromatic rings. The highest BCUT2D eigenvalue weighted by atomic mass is 16.5. The van der Waals surface area contributed by atoms with Gasteiger partial charge in [-0.1, -0.05) is 5.57 Å². The smallest absolute Gasteiger partial charge is 0.0244 e. The minimum Gasteiger partial charge on any atom is -0.317 e. The average Bonchev–Trinajstić information content (AvgIpc) is 1.61. The van der Waals surface area contributed by atoms with Crippen LogP contribution in [-0.4, -0.2) is 11.8 Å². The summed E-state index contributed by atoms with van der Waals surface area (Å²) in [5.74, 6) is 0. The quantitative estimate of drug-likeness (QED) is 0.409. The zero-order chi connectivity index (χ0) is 5.70. The van der Waals surface area contributed by atoms with Crippen molar-refractivity contribution in [2.45, 2.75) is 13.3 Å². The highest BCUT2D eigenvalue weighted by Gasteiger charge is 1.80. The Morgan fingerprint density at radius 1 is 1.86 bits per heavy atom. The normalized spacial score (nSPS) is 8.86. The summed E-state index contributed by atoms with van der Waals surface area (Å²) in [6.45, 7) is 6.18. The Kier molecular flexibility index (Phi) is 3.65. The molecule has 0 aromatic carbocycles. The summed E-state index contributed by atoms with van der Waals surface area (Å²) in [5.41, 5.74) is 3.12. The van der Waals surface area contributed by atoms with E-state index in [1.807, 2.05) is 12.4 Å². The van der Waals surface area contributed by atoms with Crippen LogP contribution in [0.1, 0.15) is 13.3 Å². The molecule has 0 unspecified atom stereocenters. The Morgan fingerprint density at radius 3 is 2.57 bits per heavy atom. The maximum absolute atomic E-state index is 8.02. The first-order valence-electron chi connectivity index (χ1n) is 2.28. The maximum Gasteiger partial charge on any atom is 0.0244 e. The molecule has 0 aliphatic rings. The summed E-state index contributed by atoms with van der Waals surface area (Å²) >= 11 is 0. The maximum atomic E-state index is 8.02. The van der Waals surface area contributed by atoms with Crippen molar-refractivity contribution in [3.63, 3.8) is 0 Å². The molecule has 0 spiro atoms. The van der Waals surface area contributed by atoms with Gasteiger partial charge in [0.2, 0.25) is 0 Å². The summed E-state index contributed by atoms with van der Waals surface area (Å²) in [5, 5.41) is 8.02. The molecule has 0 saturated carbocycles. The largest absolute Gasteiger partial charge is 0.317 e. The first-order chi connectivity index (χ1) is 3.27. The highest BCUT2D eigenvalue weighted by molar-refractivity contribution is 4.87. The van der Waals surface area contributed by atoms with E-state index in [0.717, 1.165) is 12.0 Å². The molecule has 0 rings (SSSR count). The van der Waals surface area contributed by atoms with Crippen LogP contribution in [0.5, 0.6) is 0 Å². The average molecular weight is 101 g/mol. The predicted molar refractivity (Wildman–Crippen MR) is 29.2 cm³/mol. The fraction of sp³-hybridized carbons (Fsp3) is 0.600. The lowest BCUT2D eigenvalue weighted by Gasteiger charge is -1.93. The molecule has 0 aliphatic heterocycles. The molecule has 0 radical (unpaired) electrons. The van der Waals surface area contributed by atoms with Crippen LogP contribution in [0.15, 0.2) is 12.2 Å². The Labute approximate surface area is 43.8 Å². The fourth-order valence-electron chi connectivity index (χ4n) is 0.269. The lowest BCUT2D eigenvalue weighted by atomic mass is 10.2. The van der Waals surface area contributed by atoms with Crippen molar-refractivity contribution < 1.29 is 5.21 Å². The minimum atomic E-state index is 0.606. The van der Waals surface area contributed by atoms with Gasteiger partial charge in [-0.05, 0) is 13.3 Å². The van der Waals surface area contributed by atoms with Gasteiger partial charge >= 0.3 is 0 Å². The Bertz CT molecular complexity index is 61.1. The molecule has 0 aliphatic carbocycles. The van der Waals surface area contributed by atoms with Crippen molar-refractivity contribution in [2.75, 3.05) is 6.54 Å². The van der Waals surface area contributed by atoms with Gasteiger partial charge < -0.3 is 5.21 Å². The van der Waals surface area contributed by atoms with Gasteiger partial charge in [-0.15, -0.1) is 6.58 Å². The van der Waals surface area contributed by atoms with Gasteiger partial charge in [-0.3, -0.25) is 0 Å². The van der Waals surface area contributed by atoms with E-state index in [2.05, 4.69) is 6.58 Å². The molecule has 7 heavy (non-hydrogen) atoms. The third-order valence-electron chi connectivity index (χ3n) is 0.664. The minimum absolute atomic E-state index is 0.606. The second kappa shape index (κ2) is 3.84. The van der Waals surface area contributed by atoms with Crippen molar-refractivity contribution in [1.29, 1.82) is 0 Å². The van der Waals surface area contributed by atoms with Crippen LogP contribution < -0.4 is 5.48 Å². The van der Waals surface area contributed by atoms with Crippen LogP contribution in [0.2, 0.25) is 0 Å². The summed E-state index contributed by atoms with van der Waals surface area (Å²) in [4.78, 5) is 0. The van der Waals surface area contributed by atoms with E-state index in [1.54, 1.807) is 0 Å². The van der Waals surface area contributed by atoms with E-state index in [0.29, 0.717) is 6.54 Å². The number of nitrogens with one attached hydrogen (secondary N) is 1. The monoisotopic (exact) mass is 101 g/mol. The third-order valence-corrected chi connectivity index (χ3v) is 0.664. The first-order valence-corrected chi connectivity index (χ1v) is 2.28. The Hall–Kier alpha value is -0.340. The number of hydroxylamine groups is 1. The predicted octanol–water partition coefficient (Wildman–Crippen LogP) is 0.931. The number of rotatable bonds is 3. The van der Waals surface area contributed by atoms with Gasteiger partial charge in [0, 0.05) is 6.54 Å². The summed E-state index contributed by atoms with van der Waals surface area (Å²) in [6.07, 6.45) is 0.844. The Balaban J connectivity index is 2.82. The van der Waals surface area contributed by atoms with E-state index >= 15 is 0 Å². The lowest BCUT2D eigenvalue weighted by Crippen LogP contribution is -2.08. The van der Waals surface area contributed by atoms with Gasteiger partial charge in [0.1, 0.15) is 0 Å². The van der Waals surface area contributed by atoms with Crippen LogP contribution in [0.25, 0.3) is 0 Å². The van der Waals surface area contributed by atoms with E-state index in [1.165, 1.54) is 0 Å². The van der Waals surface area contributed by atoms with Gasteiger partial charge in [0.05, 0.1) is 0 Å². The molecular formula is C5H11NO. The fourth-order valence-corrected chi connectivity index (χ4v) is 0.269. The summed E-state index contributed by atoms with van der Waals surface area (Å²) in [6, 6.07) is 0. The van der Waals surface area contributed by atoms with Crippen molar-refractivity contribution in [1.82, 2.24) is 5.48 Å². The van der Waals surface area contributed by atoms with Crippen molar-refractivity contribution in [2.24, 2.45) is 0 Å². The van der Waals surface area contributed by atoms with E-state index in [-0.39, 0.29) is 0 Å². The van der Waals surface area contributed by atoms with Crippen LogP contribution in [0, 0.1) is 0 Å². The Morgan fingerprint density at radius 2 is 2.43 bits per heavy atom. The van der Waals surface area contributed by atoms with Crippen molar-refractivity contribution in [3.05, 3.63) is 12.2 Å². The van der Waals surface area contributed by atoms with Crippen LogP contribution in [0.4, 0.5) is 0 Å². The molecule has 0 fully saturated rings. The van der Waals surface area contributed by atoms with Gasteiger partial charge in [-0.25, -0.2) is 5.48 Å². The third kappa shape index (κ3) is 5.66.